The molecule has 0 fully saturated rings. The lowest BCUT2D eigenvalue weighted by molar-refractivity contribution is 1.11. The maximum Gasteiger partial charge on any atom is 0.136 e. The maximum atomic E-state index is 5.72. The molecule has 0 aromatic carbocycles. The van der Waals surface area contributed by atoms with Crippen LogP contribution in [0.2, 0.25) is 0 Å². The SMILES string of the molecule is Cc1ccnc(NCc2ccsc2)c1C(N)=S. The lowest BCUT2D eigenvalue weighted by atomic mass is 10.1. The number of nitrogens with one attached hydrogen (secondary N) is 1. The third kappa shape index (κ3) is 2.81. The van der Waals surface area contributed by atoms with Gasteiger partial charge in [0.25, 0.3) is 0 Å². The van der Waals surface area contributed by atoms with Gasteiger partial charge in [0.2, 0.25) is 0 Å². The number of nitrogens with two attached hydrogens (primary N) is 1. The van der Waals surface area contributed by atoms with Crippen LogP contribution in [0.15, 0.2) is 29.1 Å². The first kappa shape index (κ1) is 12.0. The van der Waals surface area contributed by atoms with Crippen molar-refractivity contribution in [1.29, 1.82) is 0 Å². The number of nitrogens with zero attached hydrogens (tertiary/aromatic N) is 1. The molecule has 3 nitrogen and oxygen atoms in total. The largest absolute Gasteiger partial charge is 0.389 e. The van der Waals surface area contributed by atoms with Crippen molar-refractivity contribution < 1.29 is 0 Å². The monoisotopic (exact) mass is 263 g/mol. The van der Waals surface area contributed by atoms with Gasteiger partial charge in [-0.05, 0) is 40.9 Å². The lowest BCUT2D eigenvalue weighted by Crippen LogP contribution is -2.16. The molecular formula is C12H13N3S2. The Hall–Kier alpha value is -1.46. The molecule has 2 heterocycles. The summed E-state index contributed by atoms with van der Waals surface area (Å²) in [4.78, 5) is 4.66. The fraction of sp³-hybridized carbons (Fsp3) is 0.167. The van der Waals surface area contributed by atoms with Crippen LogP contribution in [0.3, 0.4) is 0 Å². The van der Waals surface area contributed by atoms with E-state index in [1.807, 2.05) is 13.0 Å². The summed E-state index contributed by atoms with van der Waals surface area (Å²) < 4.78 is 0. The highest BCUT2D eigenvalue weighted by Gasteiger charge is 2.09. The summed E-state index contributed by atoms with van der Waals surface area (Å²) in [6.07, 6.45) is 1.76. The molecule has 3 N–H and O–H groups in total. The van der Waals surface area contributed by atoms with E-state index in [1.165, 1.54) is 5.56 Å². The van der Waals surface area contributed by atoms with Crippen LogP contribution < -0.4 is 11.1 Å². The first-order chi connectivity index (χ1) is 8.18. The summed E-state index contributed by atoms with van der Waals surface area (Å²) in [5.74, 6) is 0.753. The Morgan fingerprint density at radius 2 is 2.35 bits per heavy atom. The quantitative estimate of drug-likeness (QED) is 0.833. The lowest BCUT2D eigenvalue weighted by Gasteiger charge is -2.11. The minimum absolute atomic E-state index is 0.378. The second-order valence-electron chi connectivity index (χ2n) is 3.70. The normalized spacial score (nSPS) is 10.2. The Labute approximate surface area is 110 Å². The molecule has 0 saturated heterocycles. The van der Waals surface area contributed by atoms with Gasteiger partial charge in [-0.25, -0.2) is 4.98 Å². The van der Waals surface area contributed by atoms with Gasteiger partial charge >= 0.3 is 0 Å². The van der Waals surface area contributed by atoms with Crippen LogP contribution in [0.5, 0.6) is 0 Å². The molecule has 0 aliphatic carbocycles. The van der Waals surface area contributed by atoms with Crippen molar-refractivity contribution in [2.24, 2.45) is 5.73 Å². The third-order valence-corrected chi connectivity index (χ3v) is 3.38. The molecule has 0 amide bonds. The van der Waals surface area contributed by atoms with E-state index in [1.54, 1.807) is 17.5 Å². The third-order valence-electron chi connectivity index (χ3n) is 2.45. The Morgan fingerprint density at radius 1 is 1.53 bits per heavy atom. The van der Waals surface area contributed by atoms with Crippen LogP contribution in [-0.2, 0) is 6.54 Å². The van der Waals surface area contributed by atoms with E-state index in [0.717, 1.165) is 23.5 Å². The van der Waals surface area contributed by atoms with Crippen molar-refractivity contribution in [3.8, 4) is 0 Å². The summed E-state index contributed by atoms with van der Waals surface area (Å²) in [6, 6.07) is 3.98. The topological polar surface area (TPSA) is 50.9 Å². The van der Waals surface area contributed by atoms with Crippen LogP contribution >= 0.6 is 23.6 Å². The van der Waals surface area contributed by atoms with E-state index in [4.69, 9.17) is 18.0 Å². The molecular weight excluding hydrogens is 250 g/mol. The Balaban J connectivity index is 2.21. The average Bonchev–Trinajstić information content (AvgIpc) is 2.78. The maximum absolute atomic E-state index is 5.72. The van der Waals surface area contributed by atoms with E-state index in [9.17, 15) is 0 Å². The molecule has 0 aliphatic heterocycles. The van der Waals surface area contributed by atoms with Crippen molar-refractivity contribution in [3.63, 3.8) is 0 Å². The summed E-state index contributed by atoms with van der Waals surface area (Å²) in [6.45, 7) is 2.71. The number of aryl methyl sites for hydroxylation is 1. The van der Waals surface area contributed by atoms with E-state index in [2.05, 4.69) is 27.1 Å². The van der Waals surface area contributed by atoms with E-state index < -0.39 is 0 Å². The summed E-state index contributed by atoms with van der Waals surface area (Å²) in [7, 11) is 0. The minimum atomic E-state index is 0.378. The number of hydrogen-bond acceptors (Lipinski definition) is 4. The highest BCUT2D eigenvalue weighted by Crippen LogP contribution is 2.17. The van der Waals surface area contributed by atoms with Crippen molar-refractivity contribution in [1.82, 2.24) is 4.98 Å². The van der Waals surface area contributed by atoms with Gasteiger partial charge in [0, 0.05) is 12.7 Å². The molecule has 88 valence electrons. The van der Waals surface area contributed by atoms with Gasteiger partial charge in [0.15, 0.2) is 0 Å². The number of pyridine rings is 1. The van der Waals surface area contributed by atoms with Crippen molar-refractivity contribution in [2.45, 2.75) is 13.5 Å². The highest BCUT2D eigenvalue weighted by atomic mass is 32.1. The van der Waals surface area contributed by atoms with Gasteiger partial charge < -0.3 is 11.1 Å². The molecule has 17 heavy (non-hydrogen) atoms. The zero-order chi connectivity index (χ0) is 12.3. The summed E-state index contributed by atoms with van der Waals surface area (Å²) in [5, 5.41) is 7.42. The summed E-state index contributed by atoms with van der Waals surface area (Å²) >= 11 is 6.73. The number of thiocarbonyl (C=S) groups is 1. The van der Waals surface area contributed by atoms with Crippen LogP contribution in [0.1, 0.15) is 16.7 Å². The van der Waals surface area contributed by atoms with Crippen molar-refractivity contribution >= 4 is 34.4 Å². The second-order valence-corrected chi connectivity index (χ2v) is 4.92. The van der Waals surface area contributed by atoms with Crippen molar-refractivity contribution in [2.75, 3.05) is 5.32 Å². The van der Waals surface area contributed by atoms with Crippen LogP contribution in [0.25, 0.3) is 0 Å². The fourth-order valence-corrected chi connectivity index (χ4v) is 2.51. The van der Waals surface area contributed by atoms with Gasteiger partial charge in [-0.3, -0.25) is 0 Å². The van der Waals surface area contributed by atoms with E-state index in [-0.39, 0.29) is 0 Å². The smallest absolute Gasteiger partial charge is 0.136 e. The number of aromatic nitrogens is 1. The minimum Gasteiger partial charge on any atom is -0.389 e. The Kier molecular flexibility index (Phi) is 3.71. The molecule has 0 bridgehead atoms. The molecule has 0 radical (unpaired) electrons. The number of hydrogen-bond donors (Lipinski definition) is 2. The van der Waals surface area contributed by atoms with Crippen LogP contribution in [0, 0.1) is 6.92 Å². The number of anilines is 1. The Bertz CT molecular complexity index is 521. The zero-order valence-corrected chi connectivity index (χ0v) is 11.1. The van der Waals surface area contributed by atoms with Gasteiger partial charge in [-0.15, -0.1) is 0 Å². The fourth-order valence-electron chi connectivity index (χ4n) is 1.58. The standard InChI is InChI=1S/C12H13N3S2/c1-8-2-4-14-12(10(8)11(13)16)15-6-9-3-5-17-7-9/h2-5,7H,6H2,1H3,(H2,13,16)(H,14,15). The molecule has 2 rings (SSSR count). The van der Waals surface area contributed by atoms with E-state index >= 15 is 0 Å². The molecule has 5 heteroatoms. The number of rotatable bonds is 4. The molecule has 0 aliphatic rings. The number of thiophene rings is 1. The first-order valence-corrected chi connectivity index (χ1v) is 6.54. The molecule has 0 spiro atoms. The van der Waals surface area contributed by atoms with Gasteiger partial charge in [0.05, 0.1) is 5.56 Å². The summed E-state index contributed by atoms with van der Waals surface area (Å²) in [5.41, 5.74) is 8.82. The van der Waals surface area contributed by atoms with Crippen LogP contribution in [-0.4, -0.2) is 9.97 Å². The Morgan fingerprint density at radius 3 is 3.00 bits per heavy atom. The van der Waals surface area contributed by atoms with Gasteiger partial charge in [-0.2, -0.15) is 11.3 Å². The molecule has 2 aromatic heterocycles. The van der Waals surface area contributed by atoms with Crippen LogP contribution in [0.4, 0.5) is 5.82 Å². The second kappa shape index (κ2) is 5.25. The predicted octanol–water partition coefficient (Wildman–Crippen LogP) is 2.70. The van der Waals surface area contributed by atoms with E-state index in [0.29, 0.717) is 4.99 Å². The first-order valence-electron chi connectivity index (χ1n) is 5.19. The average molecular weight is 263 g/mol. The molecule has 0 saturated carbocycles. The van der Waals surface area contributed by atoms with Gasteiger partial charge in [-0.1, -0.05) is 12.2 Å². The van der Waals surface area contributed by atoms with Gasteiger partial charge in [0.1, 0.15) is 10.8 Å². The molecule has 2 aromatic rings. The molecule has 0 unspecified atom stereocenters. The predicted molar refractivity (Wildman–Crippen MR) is 76.5 cm³/mol. The molecule has 0 atom stereocenters. The van der Waals surface area contributed by atoms with Crippen molar-refractivity contribution in [3.05, 3.63) is 45.8 Å². The zero-order valence-electron chi connectivity index (χ0n) is 9.43. The highest BCUT2D eigenvalue weighted by molar-refractivity contribution is 7.80.